The third kappa shape index (κ3) is 3.87. The number of hydrogen-bond donors (Lipinski definition) is 2. The first-order chi connectivity index (χ1) is 10.5. The number of carbonyl (C=O) groups excluding carboxylic acids is 2. The van der Waals surface area contributed by atoms with Gasteiger partial charge in [-0.2, -0.15) is 5.10 Å². The summed E-state index contributed by atoms with van der Waals surface area (Å²) in [6.07, 6.45) is 4.71. The molecular formula is C14H18N6O2. The second kappa shape index (κ2) is 6.79. The van der Waals surface area contributed by atoms with Crippen molar-refractivity contribution in [2.45, 2.75) is 19.9 Å². The highest BCUT2D eigenvalue weighted by Gasteiger charge is 2.14. The molecule has 0 unspecified atom stereocenters. The van der Waals surface area contributed by atoms with Crippen molar-refractivity contribution < 1.29 is 9.59 Å². The van der Waals surface area contributed by atoms with Gasteiger partial charge in [0.2, 0.25) is 5.91 Å². The van der Waals surface area contributed by atoms with Crippen LogP contribution < -0.4 is 10.6 Å². The second-order valence-corrected chi connectivity index (χ2v) is 4.90. The van der Waals surface area contributed by atoms with Crippen LogP contribution >= 0.6 is 0 Å². The van der Waals surface area contributed by atoms with Crippen LogP contribution in [0.2, 0.25) is 0 Å². The summed E-state index contributed by atoms with van der Waals surface area (Å²) in [6, 6.07) is 1.38. The standard InChI is InChI=1S/C14H18N6O2/c1-9-6-12(20(3)19-9)14(22)17-8-13(21)18-10(2)11-7-15-4-5-16-11/h4-7,10H,8H2,1-3H3,(H,17,22)(H,18,21)/t10-/m0/s1. The van der Waals surface area contributed by atoms with Crippen LogP contribution in [0.4, 0.5) is 0 Å². The summed E-state index contributed by atoms with van der Waals surface area (Å²) < 4.78 is 1.48. The molecule has 0 bridgehead atoms. The Labute approximate surface area is 128 Å². The van der Waals surface area contributed by atoms with Gasteiger partial charge in [0, 0.05) is 19.4 Å². The van der Waals surface area contributed by atoms with Crippen LogP contribution in [-0.2, 0) is 11.8 Å². The number of carbonyl (C=O) groups is 2. The zero-order valence-corrected chi connectivity index (χ0v) is 12.7. The largest absolute Gasteiger partial charge is 0.346 e. The molecule has 0 aliphatic carbocycles. The van der Waals surface area contributed by atoms with Crippen LogP contribution in [0.15, 0.2) is 24.7 Å². The first-order valence-corrected chi connectivity index (χ1v) is 6.81. The number of aryl methyl sites for hydroxylation is 2. The number of nitrogens with zero attached hydrogens (tertiary/aromatic N) is 4. The van der Waals surface area contributed by atoms with Crippen LogP contribution in [0.1, 0.15) is 34.8 Å². The lowest BCUT2D eigenvalue weighted by Crippen LogP contribution is -2.38. The summed E-state index contributed by atoms with van der Waals surface area (Å²) in [5.74, 6) is -0.643. The van der Waals surface area contributed by atoms with Crippen LogP contribution in [0, 0.1) is 6.92 Å². The molecule has 2 N–H and O–H groups in total. The molecule has 2 rings (SSSR count). The van der Waals surface area contributed by atoms with Gasteiger partial charge in [-0.3, -0.25) is 24.2 Å². The van der Waals surface area contributed by atoms with E-state index in [1.165, 1.54) is 4.68 Å². The molecule has 0 aromatic carbocycles. The number of amides is 2. The van der Waals surface area contributed by atoms with Crippen molar-refractivity contribution in [2.75, 3.05) is 6.54 Å². The third-order valence-corrected chi connectivity index (χ3v) is 3.05. The van der Waals surface area contributed by atoms with E-state index in [4.69, 9.17) is 0 Å². The zero-order valence-electron chi connectivity index (χ0n) is 12.7. The molecule has 0 fully saturated rings. The summed E-state index contributed by atoms with van der Waals surface area (Å²) in [5, 5.41) is 9.39. The quantitative estimate of drug-likeness (QED) is 0.817. The first kappa shape index (κ1) is 15.6. The van der Waals surface area contributed by atoms with E-state index in [0.29, 0.717) is 11.4 Å². The van der Waals surface area contributed by atoms with Gasteiger partial charge in [0.25, 0.3) is 5.91 Å². The number of hydrogen-bond acceptors (Lipinski definition) is 5. The Balaban J connectivity index is 1.85. The van der Waals surface area contributed by atoms with Gasteiger partial charge in [0.05, 0.1) is 30.2 Å². The Morgan fingerprint density at radius 1 is 1.36 bits per heavy atom. The summed E-state index contributed by atoms with van der Waals surface area (Å²) in [6.45, 7) is 3.48. The molecule has 0 radical (unpaired) electrons. The minimum absolute atomic E-state index is 0.117. The fourth-order valence-corrected chi connectivity index (χ4v) is 1.97. The molecule has 2 amide bonds. The summed E-state index contributed by atoms with van der Waals surface area (Å²) in [5.41, 5.74) is 1.81. The number of aromatic nitrogens is 4. The van der Waals surface area contributed by atoms with E-state index in [1.54, 1.807) is 45.6 Å². The molecule has 0 saturated carbocycles. The summed E-state index contributed by atoms with van der Waals surface area (Å²) in [4.78, 5) is 31.9. The van der Waals surface area contributed by atoms with Crippen molar-refractivity contribution in [3.8, 4) is 0 Å². The van der Waals surface area contributed by atoms with E-state index in [1.807, 2.05) is 0 Å². The smallest absolute Gasteiger partial charge is 0.269 e. The molecule has 0 aliphatic heterocycles. The lowest BCUT2D eigenvalue weighted by atomic mass is 10.2. The van der Waals surface area contributed by atoms with Crippen LogP contribution in [0.25, 0.3) is 0 Å². The topological polar surface area (TPSA) is 102 Å². The van der Waals surface area contributed by atoms with Crippen LogP contribution in [0.5, 0.6) is 0 Å². The van der Waals surface area contributed by atoms with Crippen molar-refractivity contribution in [2.24, 2.45) is 7.05 Å². The maximum atomic E-state index is 12.0. The van der Waals surface area contributed by atoms with Crippen LogP contribution in [0.3, 0.4) is 0 Å². The molecule has 22 heavy (non-hydrogen) atoms. The van der Waals surface area contributed by atoms with Crippen LogP contribution in [-0.4, -0.2) is 38.1 Å². The minimum Gasteiger partial charge on any atom is -0.346 e. The molecule has 1 atom stereocenters. The lowest BCUT2D eigenvalue weighted by molar-refractivity contribution is -0.120. The van der Waals surface area contributed by atoms with Gasteiger partial charge in [-0.25, -0.2) is 0 Å². The van der Waals surface area contributed by atoms with Crippen molar-refractivity contribution in [1.82, 2.24) is 30.4 Å². The van der Waals surface area contributed by atoms with E-state index in [9.17, 15) is 9.59 Å². The molecule has 116 valence electrons. The Kier molecular flexibility index (Phi) is 4.82. The molecule has 0 aliphatic rings. The van der Waals surface area contributed by atoms with Crippen molar-refractivity contribution in [3.63, 3.8) is 0 Å². The van der Waals surface area contributed by atoms with Gasteiger partial charge in [0.1, 0.15) is 5.69 Å². The number of rotatable bonds is 5. The fourth-order valence-electron chi connectivity index (χ4n) is 1.97. The first-order valence-electron chi connectivity index (χ1n) is 6.81. The highest BCUT2D eigenvalue weighted by molar-refractivity contribution is 5.95. The molecule has 0 saturated heterocycles. The van der Waals surface area contributed by atoms with Gasteiger partial charge in [-0.05, 0) is 19.9 Å². The third-order valence-electron chi connectivity index (χ3n) is 3.05. The molecular weight excluding hydrogens is 284 g/mol. The van der Waals surface area contributed by atoms with Crippen molar-refractivity contribution >= 4 is 11.8 Å². The maximum absolute atomic E-state index is 12.0. The molecule has 8 heteroatoms. The van der Waals surface area contributed by atoms with Gasteiger partial charge in [-0.1, -0.05) is 0 Å². The normalized spacial score (nSPS) is 11.8. The van der Waals surface area contributed by atoms with Gasteiger partial charge in [-0.15, -0.1) is 0 Å². The van der Waals surface area contributed by atoms with E-state index < -0.39 is 0 Å². The van der Waals surface area contributed by atoms with Gasteiger partial charge in [0.15, 0.2) is 0 Å². The molecule has 2 heterocycles. The Bertz CT molecular complexity index is 667. The monoisotopic (exact) mass is 302 g/mol. The molecule has 2 aromatic rings. The predicted molar refractivity (Wildman–Crippen MR) is 78.9 cm³/mol. The minimum atomic E-state index is -0.342. The summed E-state index contributed by atoms with van der Waals surface area (Å²) >= 11 is 0. The Hall–Kier alpha value is -2.77. The van der Waals surface area contributed by atoms with Crippen molar-refractivity contribution in [3.05, 3.63) is 41.7 Å². The lowest BCUT2D eigenvalue weighted by Gasteiger charge is -2.13. The molecule has 0 spiro atoms. The maximum Gasteiger partial charge on any atom is 0.269 e. The number of nitrogens with one attached hydrogen (secondary N) is 2. The van der Waals surface area contributed by atoms with E-state index in [0.717, 1.165) is 5.69 Å². The van der Waals surface area contributed by atoms with Crippen molar-refractivity contribution in [1.29, 1.82) is 0 Å². The Morgan fingerprint density at radius 2 is 2.14 bits per heavy atom. The summed E-state index contributed by atoms with van der Waals surface area (Å²) in [7, 11) is 1.68. The Morgan fingerprint density at radius 3 is 2.73 bits per heavy atom. The van der Waals surface area contributed by atoms with E-state index in [2.05, 4.69) is 25.7 Å². The highest BCUT2D eigenvalue weighted by Crippen LogP contribution is 2.06. The predicted octanol–water partition coefficient (Wildman–Crippen LogP) is 0.126. The molecule has 2 aromatic heterocycles. The zero-order chi connectivity index (χ0) is 16.1. The van der Waals surface area contributed by atoms with Gasteiger partial charge >= 0.3 is 0 Å². The van der Waals surface area contributed by atoms with Gasteiger partial charge < -0.3 is 10.6 Å². The average molecular weight is 302 g/mol. The molecule has 8 nitrogen and oxygen atoms in total. The average Bonchev–Trinajstić information content (AvgIpc) is 2.84. The SMILES string of the molecule is Cc1cc(C(=O)NCC(=O)N[C@@H](C)c2cnccn2)n(C)n1. The second-order valence-electron chi connectivity index (χ2n) is 4.90. The van der Waals surface area contributed by atoms with E-state index >= 15 is 0 Å². The highest BCUT2D eigenvalue weighted by atomic mass is 16.2. The fraction of sp³-hybridized carbons (Fsp3) is 0.357. The van der Waals surface area contributed by atoms with E-state index in [-0.39, 0.29) is 24.4 Å².